The van der Waals surface area contributed by atoms with Crippen molar-refractivity contribution in [3.63, 3.8) is 0 Å². The molecule has 0 fully saturated rings. The molecule has 20 heavy (non-hydrogen) atoms. The van der Waals surface area contributed by atoms with E-state index in [-0.39, 0.29) is 9.83 Å². The molecular formula is C15H14INO3. The van der Waals surface area contributed by atoms with Gasteiger partial charge in [0.25, 0.3) is 5.91 Å². The number of allylic oxidation sites excluding steroid dienone is 2. The van der Waals surface area contributed by atoms with E-state index >= 15 is 0 Å². The van der Waals surface area contributed by atoms with E-state index in [1.54, 1.807) is 31.4 Å². The average molecular weight is 383 g/mol. The van der Waals surface area contributed by atoms with E-state index in [0.29, 0.717) is 17.7 Å². The van der Waals surface area contributed by atoms with Crippen molar-refractivity contribution in [1.29, 1.82) is 0 Å². The highest BCUT2D eigenvalue weighted by Gasteiger charge is 2.48. The normalized spacial score (nSPS) is 28.4. The summed E-state index contributed by atoms with van der Waals surface area (Å²) >= 11 is 2.30. The number of amides is 1. The standard InChI is InChI=1S/C15H14INO3/c1-20-11-5-2-9(3-6-11)15(19)12-8-10(16)4-7-13(12)17-14(15)18/h2-7,10,19H,8H2,1H3,(H,17,18). The Hall–Kier alpha value is -1.34. The van der Waals surface area contributed by atoms with Gasteiger partial charge in [0.15, 0.2) is 5.60 Å². The summed E-state index contributed by atoms with van der Waals surface area (Å²) in [6.07, 6.45) is 4.56. The van der Waals surface area contributed by atoms with E-state index in [1.165, 1.54) is 0 Å². The number of rotatable bonds is 2. The fraction of sp³-hybridized carbons (Fsp3) is 0.267. The van der Waals surface area contributed by atoms with Crippen LogP contribution < -0.4 is 10.1 Å². The topological polar surface area (TPSA) is 58.6 Å². The first kappa shape index (κ1) is 13.6. The molecule has 0 spiro atoms. The molecule has 1 aromatic carbocycles. The SMILES string of the molecule is COc1ccc(C2(O)C(=O)NC3=C2CC(I)C=C3)cc1. The molecule has 1 heterocycles. The molecule has 1 aliphatic carbocycles. The van der Waals surface area contributed by atoms with Crippen LogP contribution in [0.4, 0.5) is 0 Å². The molecular weight excluding hydrogens is 369 g/mol. The van der Waals surface area contributed by atoms with Crippen molar-refractivity contribution in [3.8, 4) is 5.75 Å². The Morgan fingerprint density at radius 3 is 2.75 bits per heavy atom. The van der Waals surface area contributed by atoms with Crippen molar-refractivity contribution in [2.75, 3.05) is 7.11 Å². The molecule has 2 atom stereocenters. The number of hydrogen-bond donors (Lipinski definition) is 2. The lowest BCUT2D eigenvalue weighted by atomic mass is 9.83. The lowest BCUT2D eigenvalue weighted by Gasteiger charge is -2.26. The summed E-state index contributed by atoms with van der Waals surface area (Å²) in [6.45, 7) is 0. The van der Waals surface area contributed by atoms with Crippen LogP contribution in [0.5, 0.6) is 5.75 Å². The van der Waals surface area contributed by atoms with Crippen molar-refractivity contribution in [1.82, 2.24) is 5.32 Å². The van der Waals surface area contributed by atoms with E-state index in [9.17, 15) is 9.90 Å². The molecule has 104 valence electrons. The number of carbonyl (C=O) groups excluding carboxylic acids is 1. The summed E-state index contributed by atoms with van der Waals surface area (Å²) in [5.74, 6) is 0.308. The van der Waals surface area contributed by atoms with Crippen molar-refractivity contribution < 1.29 is 14.6 Å². The van der Waals surface area contributed by atoms with Crippen molar-refractivity contribution in [3.05, 3.63) is 53.3 Å². The number of halogens is 1. The minimum atomic E-state index is -1.57. The van der Waals surface area contributed by atoms with E-state index in [0.717, 1.165) is 11.3 Å². The number of hydrogen-bond acceptors (Lipinski definition) is 3. The van der Waals surface area contributed by atoms with Gasteiger partial charge in [0, 0.05) is 15.2 Å². The summed E-state index contributed by atoms with van der Waals surface area (Å²) < 4.78 is 5.39. The van der Waals surface area contributed by atoms with Crippen LogP contribution in [0.15, 0.2) is 47.7 Å². The lowest BCUT2D eigenvalue weighted by molar-refractivity contribution is -0.134. The maximum atomic E-state index is 12.3. The summed E-state index contributed by atoms with van der Waals surface area (Å²) in [4.78, 5) is 12.3. The van der Waals surface area contributed by atoms with E-state index in [1.807, 2.05) is 12.2 Å². The first-order valence-electron chi connectivity index (χ1n) is 6.30. The summed E-state index contributed by atoms with van der Waals surface area (Å²) in [7, 11) is 1.58. The van der Waals surface area contributed by atoms with Crippen molar-refractivity contribution >= 4 is 28.5 Å². The van der Waals surface area contributed by atoms with Gasteiger partial charge in [-0.3, -0.25) is 4.79 Å². The van der Waals surface area contributed by atoms with Gasteiger partial charge in [0.1, 0.15) is 5.75 Å². The minimum Gasteiger partial charge on any atom is -0.497 e. The third-order valence-corrected chi connectivity index (χ3v) is 4.57. The Morgan fingerprint density at radius 1 is 1.40 bits per heavy atom. The minimum absolute atomic E-state index is 0.281. The molecule has 2 N–H and O–H groups in total. The van der Waals surface area contributed by atoms with Gasteiger partial charge in [-0.1, -0.05) is 40.8 Å². The Morgan fingerprint density at radius 2 is 2.10 bits per heavy atom. The van der Waals surface area contributed by atoms with Crippen LogP contribution in [-0.2, 0) is 10.4 Å². The second kappa shape index (κ2) is 4.89. The molecule has 1 aliphatic heterocycles. The number of alkyl halides is 1. The highest BCUT2D eigenvalue weighted by Crippen LogP contribution is 2.42. The van der Waals surface area contributed by atoms with Gasteiger partial charge >= 0.3 is 0 Å². The summed E-state index contributed by atoms with van der Waals surface area (Å²) in [6, 6.07) is 6.96. The molecule has 5 heteroatoms. The molecule has 1 aromatic rings. The number of aliphatic hydroxyl groups is 1. The largest absolute Gasteiger partial charge is 0.497 e. The number of benzene rings is 1. The van der Waals surface area contributed by atoms with Gasteiger partial charge in [0.05, 0.1) is 7.11 Å². The second-order valence-electron chi connectivity index (χ2n) is 4.86. The first-order valence-corrected chi connectivity index (χ1v) is 7.54. The van der Waals surface area contributed by atoms with Gasteiger partial charge in [0.2, 0.25) is 0 Å². The summed E-state index contributed by atoms with van der Waals surface area (Å²) in [5.41, 5.74) is 0.464. The van der Waals surface area contributed by atoms with Crippen LogP contribution >= 0.6 is 22.6 Å². The van der Waals surface area contributed by atoms with E-state index in [4.69, 9.17) is 4.74 Å². The van der Waals surface area contributed by atoms with Crippen molar-refractivity contribution in [2.45, 2.75) is 15.9 Å². The van der Waals surface area contributed by atoms with Crippen LogP contribution in [0.2, 0.25) is 0 Å². The van der Waals surface area contributed by atoms with Gasteiger partial charge < -0.3 is 15.2 Å². The molecule has 0 saturated heterocycles. The van der Waals surface area contributed by atoms with Gasteiger partial charge in [-0.2, -0.15) is 0 Å². The van der Waals surface area contributed by atoms with Crippen molar-refractivity contribution in [2.24, 2.45) is 0 Å². The Labute approximate surface area is 130 Å². The van der Waals surface area contributed by atoms with Gasteiger partial charge in [-0.15, -0.1) is 0 Å². The first-order chi connectivity index (χ1) is 9.55. The summed E-state index contributed by atoms with van der Waals surface area (Å²) in [5, 5.41) is 13.7. The molecule has 0 saturated carbocycles. The lowest BCUT2D eigenvalue weighted by Crippen LogP contribution is -2.38. The number of methoxy groups -OCH3 is 1. The highest BCUT2D eigenvalue weighted by atomic mass is 127. The molecule has 1 amide bonds. The number of carbonyl (C=O) groups is 1. The molecule has 0 radical (unpaired) electrons. The molecule has 0 aromatic heterocycles. The Balaban J connectivity index is 2.06. The fourth-order valence-electron chi connectivity index (χ4n) is 2.62. The third-order valence-electron chi connectivity index (χ3n) is 3.72. The smallest absolute Gasteiger partial charge is 0.265 e. The number of nitrogens with one attached hydrogen (secondary N) is 1. The fourth-order valence-corrected chi connectivity index (χ4v) is 3.27. The molecule has 2 unspecified atom stereocenters. The monoisotopic (exact) mass is 383 g/mol. The van der Waals surface area contributed by atoms with Crippen LogP contribution in [-0.4, -0.2) is 22.0 Å². The number of ether oxygens (including phenoxy) is 1. The predicted molar refractivity (Wildman–Crippen MR) is 83.6 cm³/mol. The van der Waals surface area contributed by atoms with Crippen LogP contribution in [0.3, 0.4) is 0 Å². The molecule has 4 nitrogen and oxygen atoms in total. The third kappa shape index (κ3) is 1.96. The van der Waals surface area contributed by atoms with Crippen LogP contribution in [0, 0.1) is 0 Å². The van der Waals surface area contributed by atoms with Gasteiger partial charge in [-0.25, -0.2) is 0 Å². The quantitative estimate of drug-likeness (QED) is 0.607. The maximum absolute atomic E-state index is 12.3. The van der Waals surface area contributed by atoms with Crippen LogP contribution in [0.1, 0.15) is 12.0 Å². The maximum Gasteiger partial charge on any atom is 0.265 e. The molecule has 2 aliphatic rings. The Kier molecular flexibility index (Phi) is 3.33. The zero-order valence-electron chi connectivity index (χ0n) is 10.9. The van der Waals surface area contributed by atoms with E-state index in [2.05, 4.69) is 27.9 Å². The second-order valence-corrected chi connectivity index (χ2v) is 6.46. The van der Waals surface area contributed by atoms with Crippen LogP contribution in [0.25, 0.3) is 0 Å². The highest BCUT2D eigenvalue weighted by molar-refractivity contribution is 14.1. The molecule has 3 rings (SSSR count). The van der Waals surface area contributed by atoms with Gasteiger partial charge in [-0.05, 0) is 30.2 Å². The predicted octanol–water partition coefficient (Wildman–Crippen LogP) is 2.03. The molecule has 0 bridgehead atoms. The Bertz CT molecular complexity index is 621. The average Bonchev–Trinajstić information content (AvgIpc) is 2.72. The van der Waals surface area contributed by atoms with E-state index < -0.39 is 5.60 Å². The zero-order valence-corrected chi connectivity index (χ0v) is 13.0. The zero-order chi connectivity index (χ0) is 14.3.